The van der Waals surface area contributed by atoms with Crippen LogP contribution in [0.4, 0.5) is 0 Å². The Morgan fingerprint density at radius 2 is 1.88 bits per heavy atom. The highest BCUT2D eigenvalue weighted by Gasteiger charge is 2.48. The molecule has 0 saturated carbocycles. The summed E-state index contributed by atoms with van der Waals surface area (Å²) in [6.07, 6.45) is 3.57. The molecule has 3 saturated heterocycles. The molecule has 0 aromatic heterocycles. The maximum atomic E-state index is 13.1. The van der Waals surface area contributed by atoms with Gasteiger partial charge in [0, 0.05) is 38.0 Å². The molecule has 1 aromatic carbocycles. The fraction of sp³-hybridized carbons (Fsp3) is 0.579. The van der Waals surface area contributed by atoms with E-state index < -0.39 is 0 Å². The number of amides is 2. The summed E-state index contributed by atoms with van der Waals surface area (Å²) in [5.74, 6) is 0.313. The number of carbonyl (C=O) groups is 2. The highest BCUT2D eigenvalue weighted by atomic mass is 16.6. The summed E-state index contributed by atoms with van der Waals surface area (Å²) >= 11 is 0. The van der Waals surface area contributed by atoms with Crippen LogP contribution in [0, 0.1) is 5.92 Å². The van der Waals surface area contributed by atoms with Gasteiger partial charge in [0.1, 0.15) is 0 Å². The van der Waals surface area contributed by atoms with Crippen LogP contribution >= 0.6 is 0 Å². The van der Waals surface area contributed by atoms with Gasteiger partial charge in [-0.05, 0) is 24.8 Å². The predicted molar refractivity (Wildman–Crippen MR) is 89.4 cm³/mol. The van der Waals surface area contributed by atoms with Gasteiger partial charge in [0.25, 0.3) is 0 Å². The van der Waals surface area contributed by atoms with Gasteiger partial charge in [0.05, 0.1) is 12.2 Å². The average molecular weight is 328 g/mol. The summed E-state index contributed by atoms with van der Waals surface area (Å²) in [7, 11) is 0. The van der Waals surface area contributed by atoms with Crippen molar-refractivity contribution < 1.29 is 14.3 Å². The summed E-state index contributed by atoms with van der Waals surface area (Å²) in [5, 5.41) is 0. The van der Waals surface area contributed by atoms with Gasteiger partial charge < -0.3 is 14.5 Å². The first-order valence-electron chi connectivity index (χ1n) is 8.88. The summed E-state index contributed by atoms with van der Waals surface area (Å²) < 4.78 is 5.55. The van der Waals surface area contributed by atoms with Crippen molar-refractivity contribution in [3.05, 3.63) is 35.9 Å². The first-order valence-corrected chi connectivity index (χ1v) is 8.88. The quantitative estimate of drug-likeness (QED) is 0.626. The number of ether oxygens (including phenoxy) is 1. The van der Waals surface area contributed by atoms with E-state index >= 15 is 0 Å². The standard InChI is InChI=1S/C19H24N2O3/c22-14-20-9-6-16(17(12-20)15-4-2-1-3-5-15)18(23)21-10-7-19(8-11-21)13-24-19/h1-5,14,16-17H,6-13H2/t16-,17+/m1/s1. The maximum absolute atomic E-state index is 13.1. The molecular formula is C19H24N2O3. The van der Waals surface area contributed by atoms with Crippen LogP contribution in [0.5, 0.6) is 0 Å². The third-order valence-electron chi connectivity index (χ3n) is 5.88. The fourth-order valence-corrected chi connectivity index (χ4v) is 4.17. The minimum atomic E-state index is -0.0298. The Morgan fingerprint density at radius 1 is 1.17 bits per heavy atom. The summed E-state index contributed by atoms with van der Waals surface area (Å²) in [5.41, 5.74) is 1.25. The zero-order chi connectivity index (χ0) is 16.6. The number of nitrogens with zero attached hydrogens (tertiary/aromatic N) is 2. The van der Waals surface area contributed by atoms with Gasteiger partial charge >= 0.3 is 0 Å². The van der Waals surface area contributed by atoms with Gasteiger partial charge in [0.15, 0.2) is 0 Å². The molecule has 0 unspecified atom stereocenters. The topological polar surface area (TPSA) is 53.2 Å². The zero-order valence-electron chi connectivity index (χ0n) is 13.9. The van der Waals surface area contributed by atoms with Crippen LogP contribution in [0.3, 0.4) is 0 Å². The van der Waals surface area contributed by atoms with Crippen molar-refractivity contribution in [2.24, 2.45) is 5.92 Å². The largest absolute Gasteiger partial charge is 0.369 e. The summed E-state index contributed by atoms with van der Waals surface area (Å²) in [6.45, 7) is 3.76. The van der Waals surface area contributed by atoms with Crippen molar-refractivity contribution in [3.63, 3.8) is 0 Å². The van der Waals surface area contributed by atoms with Gasteiger partial charge in [-0.3, -0.25) is 9.59 Å². The van der Waals surface area contributed by atoms with E-state index in [1.807, 2.05) is 23.1 Å². The second-order valence-electron chi connectivity index (χ2n) is 7.31. The molecule has 128 valence electrons. The molecule has 3 aliphatic heterocycles. The molecule has 0 N–H and O–H groups in total. The first-order chi connectivity index (χ1) is 11.7. The Bertz CT molecular complexity index is 604. The molecule has 2 amide bonds. The first kappa shape index (κ1) is 15.6. The van der Waals surface area contributed by atoms with Crippen LogP contribution in [0.25, 0.3) is 0 Å². The van der Waals surface area contributed by atoms with Gasteiger partial charge in [-0.2, -0.15) is 0 Å². The Labute approximate surface area is 142 Å². The number of likely N-dealkylation sites (tertiary alicyclic amines) is 2. The van der Waals surface area contributed by atoms with E-state index in [9.17, 15) is 9.59 Å². The third kappa shape index (κ3) is 2.93. The van der Waals surface area contributed by atoms with Crippen LogP contribution in [0.2, 0.25) is 0 Å². The number of rotatable bonds is 3. The molecule has 3 heterocycles. The fourth-order valence-electron chi connectivity index (χ4n) is 4.17. The highest BCUT2D eigenvalue weighted by Crippen LogP contribution is 2.39. The second kappa shape index (κ2) is 6.20. The van der Waals surface area contributed by atoms with Crippen molar-refractivity contribution in [3.8, 4) is 0 Å². The SMILES string of the molecule is O=CN1CC[C@@H](C(=O)N2CCC3(CC2)CO3)[C@H](c2ccccc2)C1. The second-order valence-corrected chi connectivity index (χ2v) is 7.31. The number of benzene rings is 1. The molecule has 3 aliphatic rings. The predicted octanol–water partition coefficient (Wildman–Crippen LogP) is 1.64. The highest BCUT2D eigenvalue weighted by molar-refractivity contribution is 5.80. The van der Waals surface area contributed by atoms with Gasteiger partial charge in [0.2, 0.25) is 12.3 Å². The van der Waals surface area contributed by atoms with Gasteiger partial charge in [-0.15, -0.1) is 0 Å². The molecule has 3 fully saturated rings. The van der Waals surface area contributed by atoms with Gasteiger partial charge in [-0.1, -0.05) is 30.3 Å². The minimum absolute atomic E-state index is 0.0298. The maximum Gasteiger partial charge on any atom is 0.226 e. The van der Waals surface area contributed by atoms with Crippen molar-refractivity contribution >= 4 is 12.3 Å². The lowest BCUT2D eigenvalue weighted by atomic mass is 9.79. The lowest BCUT2D eigenvalue weighted by Gasteiger charge is -2.40. The zero-order valence-corrected chi connectivity index (χ0v) is 13.9. The monoisotopic (exact) mass is 328 g/mol. The number of hydrogen-bond acceptors (Lipinski definition) is 3. The van der Waals surface area contributed by atoms with Crippen molar-refractivity contribution in [1.29, 1.82) is 0 Å². The van der Waals surface area contributed by atoms with Crippen LogP contribution in [-0.2, 0) is 14.3 Å². The van der Waals surface area contributed by atoms with E-state index in [0.717, 1.165) is 50.9 Å². The molecule has 1 aromatic rings. The van der Waals surface area contributed by atoms with E-state index in [2.05, 4.69) is 12.1 Å². The normalized spacial score (nSPS) is 28.7. The molecule has 4 rings (SSSR count). The van der Waals surface area contributed by atoms with E-state index in [-0.39, 0.29) is 23.3 Å². The third-order valence-corrected chi connectivity index (χ3v) is 5.88. The average Bonchev–Trinajstić information content (AvgIpc) is 3.41. The molecule has 2 atom stereocenters. The van der Waals surface area contributed by atoms with Gasteiger partial charge in [-0.25, -0.2) is 0 Å². The Morgan fingerprint density at radius 3 is 2.50 bits per heavy atom. The number of hydrogen-bond donors (Lipinski definition) is 0. The number of carbonyl (C=O) groups excluding carboxylic acids is 2. The molecule has 24 heavy (non-hydrogen) atoms. The summed E-state index contributed by atoms with van der Waals surface area (Å²) in [4.78, 5) is 28.2. The number of epoxide rings is 1. The Balaban J connectivity index is 1.50. The molecule has 5 nitrogen and oxygen atoms in total. The Kier molecular flexibility index (Phi) is 4.04. The molecule has 5 heteroatoms. The molecule has 0 aliphatic carbocycles. The van der Waals surface area contributed by atoms with E-state index in [4.69, 9.17) is 4.74 Å². The van der Waals surface area contributed by atoms with E-state index in [1.165, 1.54) is 0 Å². The van der Waals surface area contributed by atoms with E-state index in [1.54, 1.807) is 4.90 Å². The smallest absolute Gasteiger partial charge is 0.226 e. The lowest BCUT2D eigenvalue weighted by molar-refractivity contribution is -0.140. The molecule has 0 bridgehead atoms. The molecule has 1 spiro atoms. The summed E-state index contributed by atoms with van der Waals surface area (Å²) in [6, 6.07) is 10.1. The lowest BCUT2D eigenvalue weighted by Crippen LogP contribution is -2.49. The molecule has 0 radical (unpaired) electrons. The van der Waals surface area contributed by atoms with Crippen molar-refractivity contribution in [1.82, 2.24) is 9.80 Å². The van der Waals surface area contributed by atoms with E-state index in [0.29, 0.717) is 13.1 Å². The van der Waals surface area contributed by atoms with Crippen LogP contribution in [0.1, 0.15) is 30.7 Å². The minimum Gasteiger partial charge on any atom is -0.369 e. The van der Waals surface area contributed by atoms with Crippen LogP contribution in [0.15, 0.2) is 30.3 Å². The van der Waals surface area contributed by atoms with Crippen LogP contribution in [-0.4, -0.2) is 60.5 Å². The van der Waals surface area contributed by atoms with Crippen molar-refractivity contribution in [2.75, 3.05) is 32.8 Å². The Hall–Kier alpha value is -1.88. The number of piperidine rings is 2. The van der Waals surface area contributed by atoms with Crippen molar-refractivity contribution in [2.45, 2.75) is 30.8 Å². The molecular weight excluding hydrogens is 304 g/mol. The van der Waals surface area contributed by atoms with Crippen LogP contribution < -0.4 is 0 Å².